The van der Waals surface area contributed by atoms with Crippen LogP contribution in [0.15, 0.2) is 67.5 Å². The molecule has 0 spiro atoms. The molecule has 11 heteroatoms. The number of hydrogen-bond donors (Lipinski definition) is 2. The van der Waals surface area contributed by atoms with Gasteiger partial charge in [0.1, 0.15) is 21.9 Å². The van der Waals surface area contributed by atoms with E-state index in [0.717, 1.165) is 11.1 Å². The number of aryl methyl sites for hydroxylation is 1. The third-order valence-electron chi connectivity index (χ3n) is 5.33. The Labute approximate surface area is 204 Å². The molecular weight excluding hydrogens is 464 g/mol. The first-order valence-electron chi connectivity index (χ1n) is 10.7. The van der Waals surface area contributed by atoms with E-state index in [1.807, 2.05) is 36.4 Å². The molecule has 5 aromatic rings. The molecule has 2 N–H and O–H groups in total. The second kappa shape index (κ2) is 9.39. The van der Waals surface area contributed by atoms with Crippen molar-refractivity contribution in [3.05, 3.63) is 83.1 Å². The van der Waals surface area contributed by atoms with Crippen molar-refractivity contribution in [3.8, 4) is 11.1 Å². The van der Waals surface area contributed by atoms with Crippen LogP contribution < -0.4 is 10.6 Å². The van der Waals surface area contributed by atoms with E-state index in [0.29, 0.717) is 26.6 Å². The number of hydrogen-bond acceptors (Lipinski definition) is 8. The molecule has 0 fully saturated rings. The van der Waals surface area contributed by atoms with Gasteiger partial charge in [0, 0.05) is 30.7 Å². The SMILES string of the molecule is CC(NC(=O)c1ncnc2c1cnn2C)c1ncc(C(=O)Nc2cccc(-c3cccnc3)c2)s1. The van der Waals surface area contributed by atoms with Crippen molar-refractivity contribution in [1.82, 2.24) is 35.0 Å². The number of thiazole rings is 1. The first-order chi connectivity index (χ1) is 17.0. The number of amides is 2. The lowest BCUT2D eigenvalue weighted by Crippen LogP contribution is -2.27. The summed E-state index contributed by atoms with van der Waals surface area (Å²) in [5.41, 5.74) is 3.37. The zero-order valence-corrected chi connectivity index (χ0v) is 19.7. The topological polar surface area (TPSA) is 128 Å². The number of anilines is 1. The third-order valence-corrected chi connectivity index (χ3v) is 6.50. The quantitative estimate of drug-likeness (QED) is 0.377. The molecule has 1 atom stereocenters. The summed E-state index contributed by atoms with van der Waals surface area (Å²) < 4.78 is 1.58. The number of aromatic nitrogens is 6. The smallest absolute Gasteiger partial charge is 0.271 e. The summed E-state index contributed by atoms with van der Waals surface area (Å²) in [4.78, 5) is 42.8. The molecule has 35 heavy (non-hydrogen) atoms. The second-order valence-corrected chi connectivity index (χ2v) is 8.82. The molecule has 0 aliphatic carbocycles. The number of rotatable bonds is 6. The zero-order chi connectivity index (χ0) is 24.4. The standard InChI is InChI=1S/C24H20N8O2S/c1-14(30-23(34)20-18-11-29-32(2)21(18)28-13-27-20)24-26-12-19(35-24)22(33)31-17-7-3-5-15(9-17)16-6-4-8-25-10-16/h3-14H,1-2H3,(H,30,34)(H,31,33). The maximum Gasteiger partial charge on any atom is 0.271 e. The van der Waals surface area contributed by atoms with Crippen LogP contribution in [0.1, 0.15) is 38.1 Å². The van der Waals surface area contributed by atoms with Crippen LogP contribution in [0, 0.1) is 0 Å². The number of nitrogens with zero attached hydrogens (tertiary/aromatic N) is 6. The predicted molar refractivity (Wildman–Crippen MR) is 132 cm³/mol. The number of carbonyl (C=O) groups excluding carboxylic acids is 2. The molecule has 1 unspecified atom stereocenters. The van der Waals surface area contributed by atoms with E-state index >= 15 is 0 Å². The van der Waals surface area contributed by atoms with Gasteiger partial charge in [-0.2, -0.15) is 5.10 Å². The first-order valence-corrected chi connectivity index (χ1v) is 11.5. The molecular formula is C24H20N8O2S. The molecule has 4 aromatic heterocycles. The van der Waals surface area contributed by atoms with Crippen LogP contribution in [0.2, 0.25) is 0 Å². The number of carbonyl (C=O) groups is 2. The van der Waals surface area contributed by atoms with Crippen molar-refractivity contribution in [2.45, 2.75) is 13.0 Å². The van der Waals surface area contributed by atoms with E-state index in [-0.39, 0.29) is 17.5 Å². The summed E-state index contributed by atoms with van der Waals surface area (Å²) in [6, 6.07) is 10.9. The van der Waals surface area contributed by atoms with E-state index in [4.69, 9.17) is 0 Å². The van der Waals surface area contributed by atoms with Gasteiger partial charge in [0.2, 0.25) is 0 Å². The van der Waals surface area contributed by atoms with Crippen LogP contribution in [0.5, 0.6) is 0 Å². The fraction of sp³-hybridized carbons (Fsp3) is 0.125. The fourth-order valence-electron chi connectivity index (χ4n) is 3.57. The van der Waals surface area contributed by atoms with Gasteiger partial charge in [-0.15, -0.1) is 11.3 Å². The Hall–Kier alpha value is -4.51. The molecule has 0 bridgehead atoms. The van der Waals surface area contributed by atoms with E-state index in [1.54, 1.807) is 37.2 Å². The van der Waals surface area contributed by atoms with E-state index in [9.17, 15) is 9.59 Å². The van der Waals surface area contributed by atoms with Gasteiger partial charge in [-0.25, -0.2) is 15.0 Å². The molecule has 10 nitrogen and oxygen atoms in total. The monoisotopic (exact) mass is 484 g/mol. The predicted octanol–water partition coefficient (Wildman–Crippen LogP) is 3.63. The van der Waals surface area contributed by atoms with Crippen LogP contribution in [-0.2, 0) is 7.05 Å². The molecule has 174 valence electrons. The maximum atomic E-state index is 12.8. The molecule has 5 rings (SSSR count). The van der Waals surface area contributed by atoms with Crippen molar-refractivity contribution in [3.63, 3.8) is 0 Å². The number of pyridine rings is 1. The van der Waals surface area contributed by atoms with E-state index in [1.165, 1.54) is 23.9 Å². The minimum atomic E-state index is -0.426. The largest absolute Gasteiger partial charge is 0.342 e. The van der Waals surface area contributed by atoms with Crippen molar-refractivity contribution < 1.29 is 9.59 Å². The van der Waals surface area contributed by atoms with Crippen LogP contribution in [-0.4, -0.2) is 41.5 Å². The van der Waals surface area contributed by atoms with Gasteiger partial charge in [0.05, 0.1) is 23.8 Å². The number of benzene rings is 1. The Bertz CT molecular complexity index is 1530. The second-order valence-electron chi connectivity index (χ2n) is 7.76. The average Bonchev–Trinajstić information content (AvgIpc) is 3.52. The average molecular weight is 485 g/mol. The normalized spacial score (nSPS) is 11.8. The van der Waals surface area contributed by atoms with Gasteiger partial charge < -0.3 is 10.6 Å². The molecule has 0 aliphatic rings. The van der Waals surface area contributed by atoms with Crippen LogP contribution >= 0.6 is 11.3 Å². The highest BCUT2D eigenvalue weighted by Gasteiger charge is 2.20. The van der Waals surface area contributed by atoms with Crippen LogP contribution in [0.4, 0.5) is 5.69 Å². The Balaban J connectivity index is 1.27. The summed E-state index contributed by atoms with van der Waals surface area (Å²) in [5, 5.41) is 11.1. The Kier molecular flexibility index (Phi) is 5.98. The summed E-state index contributed by atoms with van der Waals surface area (Å²) in [7, 11) is 1.75. The lowest BCUT2D eigenvalue weighted by atomic mass is 10.1. The highest BCUT2D eigenvalue weighted by Crippen LogP contribution is 2.24. The van der Waals surface area contributed by atoms with E-state index < -0.39 is 6.04 Å². The molecule has 0 saturated heterocycles. The van der Waals surface area contributed by atoms with Crippen molar-refractivity contribution in [2.24, 2.45) is 7.05 Å². The van der Waals surface area contributed by atoms with Crippen molar-refractivity contribution in [2.75, 3.05) is 5.32 Å². The summed E-state index contributed by atoms with van der Waals surface area (Å²) in [5.74, 6) is -0.644. The van der Waals surface area contributed by atoms with Crippen LogP contribution in [0.25, 0.3) is 22.2 Å². The minimum Gasteiger partial charge on any atom is -0.342 e. The highest BCUT2D eigenvalue weighted by atomic mass is 32.1. The minimum absolute atomic E-state index is 0.234. The lowest BCUT2D eigenvalue weighted by molar-refractivity contribution is 0.0936. The van der Waals surface area contributed by atoms with Gasteiger partial charge >= 0.3 is 0 Å². The summed E-state index contributed by atoms with van der Waals surface area (Å²) in [6.07, 6.45) is 7.88. The van der Waals surface area contributed by atoms with Gasteiger partial charge in [0.15, 0.2) is 5.65 Å². The van der Waals surface area contributed by atoms with E-state index in [2.05, 4.69) is 35.7 Å². The highest BCUT2D eigenvalue weighted by molar-refractivity contribution is 7.13. The Morgan fingerprint density at radius 3 is 2.69 bits per heavy atom. The third kappa shape index (κ3) is 4.62. The zero-order valence-electron chi connectivity index (χ0n) is 18.8. The van der Waals surface area contributed by atoms with Gasteiger partial charge in [-0.3, -0.25) is 19.3 Å². The summed E-state index contributed by atoms with van der Waals surface area (Å²) >= 11 is 1.22. The number of fused-ring (bicyclic) bond motifs is 1. The lowest BCUT2D eigenvalue weighted by Gasteiger charge is -2.11. The summed E-state index contributed by atoms with van der Waals surface area (Å²) in [6.45, 7) is 1.80. The van der Waals surface area contributed by atoms with Crippen molar-refractivity contribution >= 4 is 39.9 Å². The van der Waals surface area contributed by atoms with Gasteiger partial charge in [-0.05, 0) is 30.7 Å². The van der Waals surface area contributed by atoms with Gasteiger partial charge in [0.25, 0.3) is 11.8 Å². The first kappa shape index (κ1) is 22.3. The molecule has 0 radical (unpaired) electrons. The Morgan fingerprint density at radius 2 is 1.86 bits per heavy atom. The Morgan fingerprint density at radius 1 is 1.00 bits per heavy atom. The van der Waals surface area contributed by atoms with Crippen LogP contribution in [0.3, 0.4) is 0 Å². The molecule has 0 saturated carbocycles. The van der Waals surface area contributed by atoms with Gasteiger partial charge in [-0.1, -0.05) is 18.2 Å². The molecule has 0 aliphatic heterocycles. The maximum absolute atomic E-state index is 12.8. The number of nitrogens with one attached hydrogen (secondary N) is 2. The molecule has 1 aromatic carbocycles. The molecule has 4 heterocycles. The fourth-order valence-corrected chi connectivity index (χ4v) is 4.38. The van der Waals surface area contributed by atoms with Crippen molar-refractivity contribution in [1.29, 1.82) is 0 Å². The molecule has 2 amide bonds.